The first-order valence-corrected chi connectivity index (χ1v) is 14.2. The zero-order valence-electron chi connectivity index (χ0n) is 22.7. The van der Waals surface area contributed by atoms with Crippen LogP contribution in [0.15, 0.2) is 67.9 Å². The summed E-state index contributed by atoms with van der Waals surface area (Å²) in [7, 11) is 4.50. The van der Waals surface area contributed by atoms with Crippen molar-refractivity contribution >= 4 is 103 Å². The molecule has 0 aliphatic carbocycles. The van der Waals surface area contributed by atoms with E-state index >= 15 is 0 Å². The number of carbonyl (C=O) groups is 3. The summed E-state index contributed by atoms with van der Waals surface area (Å²) in [4.78, 5) is 48.0. The number of benzene rings is 2. The fraction of sp³-hybridized carbons (Fsp3) is 0.111. The summed E-state index contributed by atoms with van der Waals surface area (Å²) < 4.78 is 20.1. The summed E-state index contributed by atoms with van der Waals surface area (Å²) in [6, 6.07) is 13.1. The Morgan fingerprint density at radius 3 is 2.02 bits per heavy atom. The van der Waals surface area contributed by atoms with Crippen LogP contribution in [0.2, 0.25) is 0 Å². The number of H-pyrrole nitrogens is 1. The van der Waals surface area contributed by atoms with Gasteiger partial charge in [0.1, 0.15) is 5.75 Å². The fourth-order valence-corrected chi connectivity index (χ4v) is 5.64. The van der Waals surface area contributed by atoms with Crippen LogP contribution in [0.5, 0.6) is 5.75 Å². The van der Waals surface area contributed by atoms with E-state index in [1.165, 1.54) is 62.2 Å². The standard InChI is InChI=1S/C13H9NO3S.C8H9BNO4.C6H5BrO2S.ClH/c1-17-13(16)7-2-3-8-10(6-7)14-12(15)9-4-5-18-11(8)9;1-13-8(11)5-2-3-7(14-9-12)6(10)4-5;1-9-6(8)4-2-3-10-5(4)7;/h2-6H,1H3,(H,14,15);2-4,12H,10H2,1H3;2-3H,1H3;1H. The number of aromatic amines is 1. The van der Waals surface area contributed by atoms with Gasteiger partial charge in [0, 0.05) is 10.1 Å². The van der Waals surface area contributed by atoms with Gasteiger partial charge in [-0.25, -0.2) is 14.4 Å². The lowest BCUT2D eigenvalue weighted by Crippen LogP contribution is -2.06. The van der Waals surface area contributed by atoms with Crippen LogP contribution in [-0.4, -0.2) is 56.9 Å². The summed E-state index contributed by atoms with van der Waals surface area (Å²) in [5.41, 5.74) is 7.64. The van der Waals surface area contributed by atoms with Gasteiger partial charge in [0.25, 0.3) is 5.56 Å². The van der Waals surface area contributed by atoms with E-state index in [-0.39, 0.29) is 35.4 Å². The van der Waals surface area contributed by atoms with Gasteiger partial charge in [-0.1, -0.05) is 6.07 Å². The molecule has 0 bridgehead atoms. The largest absolute Gasteiger partial charge is 0.569 e. The average molecular weight is 711 g/mol. The molecule has 3 heterocycles. The molecule has 2 aromatic carbocycles. The molecule has 4 N–H and O–H groups in total. The van der Waals surface area contributed by atoms with Crippen LogP contribution in [0.25, 0.3) is 21.0 Å². The van der Waals surface area contributed by atoms with Crippen LogP contribution >= 0.6 is 51.0 Å². The van der Waals surface area contributed by atoms with Gasteiger partial charge in [0.15, 0.2) is 0 Å². The molecule has 0 saturated carbocycles. The fourth-order valence-electron chi connectivity index (χ4n) is 3.48. The molecule has 0 aliphatic heterocycles. The number of hydrogen-bond donors (Lipinski definition) is 3. The van der Waals surface area contributed by atoms with Crippen LogP contribution < -0.4 is 15.9 Å². The Morgan fingerprint density at radius 1 is 0.860 bits per heavy atom. The number of nitrogen functional groups attached to an aromatic ring is 1. The first-order chi connectivity index (χ1) is 20.1. The van der Waals surface area contributed by atoms with Crippen molar-refractivity contribution in [2.75, 3.05) is 27.1 Å². The molecular weight excluding hydrogens is 687 g/mol. The maximum atomic E-state index is 11.8. The number of nitrogens with one attached hydrogen (secondary N) is 1. The van der Waals surface area contributed by atoms with Crippen LogP contribution in [0.3, 0.4) is 0 Å². The Balaban J connectivity index is 0.000000233. The highest BCUT2D eigenvalue weighted by Gasteiger charge is 2.11. The molecule has 225 valence electrons. The molecule has 0 unspecified atom stereocenters. The lowest BCUT2D eigenvalue weighted by molar-refractivity contribution is 0.0591. The van der Waals surface area contributed by atoms with Crippen molar-refractivity contribution in [2.24, 2.45) is 0 Å². The predicted octanol–water partition coefficient (Wildman–Crippen LogP) is 5.21. The molecule has 43 heavy (non-hydrogen) atoms. The molecular formula is C27H24BBrClN2O9S2. The van der Waals surface area contributed by atoms with Crippen LogP contribution in [0.1, 0.15) is 31.1 Å². The number of rotatable bonds is 5. The van der Waals surface area contributed by atoms with Crippen molar-refractivity contribution in [3.8, 4) is 5.75 Å². The lowest BCUT2D eigenvalue weighted by Gasteiger charge is -2.06. The Morgan fingerprint density at radius 2 is 1.47 bits per heavy atom. The van der Waals surface area contributed by atoms with Gasteiger partial charge in [-0.3, -0.25) is 4.79 Å². The summed E-state index contributed by atoms with van der Waals surface area (Å²) in [5, 5.41) is 13.7. The third kappa shape index (κ3) is 8.81. The molecule has 0 atom stereocenters. The predicted molar refractivity (Wildman–Crippen MR) is 173 cm³/mol. The first kappa shape index (κ1) is 35.3. The van der Waals surface area contributed by atoms with Gasteiger partial charge in [0.05, 0.1) is 58.4 Å². The zero-order chi connectivity index (χ0) is 30.8. The van der Waals surface area contributed by atoms with E-state index in [0.29, 0.717) is 35.3 Å². The summed E-state index contributed by atoms with van der Waals surface area (Å²) >= 11 is 6.20. The molecule has 0 saturated heterocycles. The highest BCUT2D eigenvalue weighted by atomic mass is 79.9. The van der Waals surface area contributed by atoms with Crippen molar-refractivity contribution in [2.45, 2.75) is 0 Å². The molecule has 0 aliphatic rings. The van der Waals surface area contributed by atoms with Crippen molar-refractivity contribution in [1.29, 1.82) is 0 Å². The molecule has 0 spiro atoms. The Labute approximate surface area is 268 Å². The van der Waals surface area contributed by atoms with Gasteiger partial charge in [0.2, 0.25) is 0 Å². The van der Waals surface area contributed by atoms with E-state index < -0.39 is 11.9 Å². The van der Waals surface area contributed by atoms with Crippen LogP contribution in [-0.2, 0) is 14.2 Å². The Hall–Kier alpha value is -3.89. The number of carbonyl (C=O) groups excluding carboxylic acids is 3. The average Bonchev–Trinajstić information content (AvgIpc) is 3.67. The maximum Gasteiger partial charge on any atom is 0.569 e. The molecule has 3 aromatic heterocycles. The molecule has 5 rings (SSSR count). The number of methoxy groups -OCH3 is 3. The number of esters is 3. The highest BCUT2D eigenvalue weighted by molar-refractivity contribution is 9.11. The van der Waals surface area contributed by atoms with Gasteiger partial charge >= 0.3 is 25.6 Å². The van der Waals surface area contributed by atoms with Gasteiger partial charge in [-0.05, 0) is 69.2 Å². The number of halogens is 2. The zero-order valence-corrected chi connectivity index (χ0v) is 26.8. The van der Waals surface area contributed by atoms with Crippen molar-refractivity contribution < 1.29 is 38.3 Å². The third-order valence-corrected chi connectivity index (χ3v) is 8.11. The second-order valence-corrected chi connectivity index (χ2v) is 11.1. The minimum absolute atomic E-state index is 0. The van der Waals surface area contributed by atoms with Crippen molar-refractivity contribution in [3.63, 3.8) is 0 Å². The number of aromatic nitrogens is 1. The second-order valence-electron chi connectivity index (χ2n) is 7.94. The monoisotopic (exact) mass is 709 g/mol. The molecule has 16 heteroatoms. The number of hydrogen-bond acceptors (Lipinski definition) is 12. The minimum atomic E-state index is -0.476. The van der Waals surface area contributed by atoms with Gasteiger partial charge in [-0.2, -0.15) is 0 Å². The maximum absolute atomic E-state index is 11.8. The third-order valence-electron chi connectivity index (χ3n) is 5.48. The Bertz CT molecular complexity index is 1790. The van der Waals surface area contributed by atoms with Crippen LogP contribution in [0, 0.1) is 0 Å². The van der Waals surface area contributed by atoms with E-state index in [1.54, 1.807) is 24.3 Å². The van der Waals surface area contributed by atoms with E-state index in [2.05, 4.69) is 39.8 Å². The number of ether oxygens (including phenoxy) is 3. The van der Waals surface area contributed by atoms with Gasteiger partial charge < -0.3 is 34.6 Å². The molecule has 1 radical (unpaired) electrons. The van der Waals surface area contributed by atoms with Gasteiger partial charge in [-0.15, -0.1) is 35.1 Å². The van der Waals surface area contributed by atoms with Crippen molar-refractivity contribution in [3.05, 3.63) is 90.1 Å². The van der Waals surface area contributed by atoms with E-state index in [0.717, 1.165) is 13.9 Å². The van der Waals surface area contributed by atoms with E-state index in [4.69, 9.17) is 10.8 Å². The topological polar surface area (TPSA) is 167 Å². The SMILES string of the molecule is COC(=O)c1ccc(O[B]O)c(N)c1.COC(=O)c1ccc2c(c1)[nH]c(=O)c1ccsc12.COC(=O)c1ccsc1Br.Cl. The van der Waals surface area contributed by atoms with Crippen molar-refractivity contribution in [1.82, 2.24) is 4.98 Å². The number of thiophene rings is 2. The smallest absolute Gasteiger partial charge is 0.536 e. The molecule has 11 nitrogen and oxygen atoms in total. The number of fused-ring (bicyclic) bond motifs is 3. The second kappa shape index (κ2) is 16.7. The molecule has 0 amide bonds. The summed E-state index contributed by atoms with van der Waals surface area (Å²) in [6.45, 7) is 0. The first-order valence-electron chi connectivity index (χ1n) is 11.7. The highest BCUT2D eigenvalue weighted by Crippen LogP contribution is 2.27. The summed E-state index contributed by atoms with van der Waals surface area (Å²) in [5.74, 6) is -0.909. The lowest BCUT2D eigenvalue weighted by atomic mass is 10.1. The number of pyridine rings is 1. The minimum Gasteiger partial charge on any atom is -0.536 e. The normalized spacial score (nSPS) is 9.79. The molecule has 5 aromatic rings. The molecule has 0 fully saturated rings. The van der Waals surface area contributed by atoms with E-state index in [1.807, 2.05) is 16.8 Å². The Kier molecular flexibility index (Phi) is 13.7. The van der Waals surface area contributed by atoms with Crippen LogP contribution in [0.4, 0.5) is 5.69 Å². The summed E-state index contributed by atoms with van der Waals surface area (Å²) in [6.07, 6.45) is 0. The van der Waals surface area contributed by atoms with E-state index in [9.17, 15) is 19.2 Å². The quantitative estimate of drug-likeness (QED) is 0.0954. The number of nitrogens with two attached hydrogens (primary N) is 1. The number of anilines is 1.